The lowest BCUT2D eigenvalue weighted by atomic mass is 10.0. The maximum absolute atomic E-state index is 11.9. The summed E-state index contributed by atoms with van der Waals surface area (Å²) in [4.78, 5) is 0. The zero-order valence-corrected chi connectivity index (χ0v) is 13.4. The normalized spacial score (nSPS) is 13.2. The highest BCUT2D eigenvalue weighted by Gasteiger charge is 2.21. The second kappa shape index (κ2) is 5.71. The summed E-state index contributed by atoms with van der Waals surface area (Å²) in [6, 6.07) is 6.08. The largest absolute Gasteiger partial charge is 0.284 e. The van der Waals surface area contributed by atoms with Crippen LogP contribution in [0.3, 0.4) is 0 Å². The predicted molar refractivity (Wildman–Crippen MR) is 80.1 cm³/mol. The van der Waals surface area contributed by atoms with Gasteiger partial charge < -0.3 is 0 Å². The van der Waals surface area contributed by atoms with Gasteiger partial charge >= 0.3 is 0 Å². The molecule has 0 heterocycles. The monoisotopic (exact) mass is 320 g/mol. The molecule has 0 aliphatic heterocycles. The van der Waals surface area contributed by atoms with Gasteiger partial charge in [-0.25, -0.2) is 22.0 Å². The summed E-state index contributed by atoms with van der Waals surface area (Å²) in [6.07, 6.45) is 0. The van der Waals surface area contributed by atoms with Crippen LogP contribution in [0.2, 0.25) is 0 Å². The molecule has 0 radical (unpaired) electrons. The highest BCUT2D eigenvalue weighted by Crippen LogP contribution is 2.19. The van der Waals surface area contributed by atoms with Crippen LogP contribution in [0.5, 0.6) is 0 Å². The van der Waals surface area contributed by atoms with E-state index >= 15 is 0 Å². The maximum Gasteiger partial charge on any atom is 0.233 e. The number of hydrogen-bond acceptors (Lipinski definition) is 4. The van der Waals surface area contributed by atoms with Gasteiger partial charge in [0.25, 0.3) is 0 Å². The van der Waals surface area contributed by atoms with Crippen LogP contribution in [0, 0.1) is 5.41 Å². The molecule has 114 valence electrons. The molecule has 0 amide bonds. The molecular weight excluding hydrogens is 300 g/mol. The third-order valence-corrected chi connectivity index (χ3v) is 4.75. The van der Waals surface area contributed by atoms with Gasteiger partial charge in [0.1, 0.15) is 0 Å². The minimum absolute atomic E-state index is 0.00106. The number of nitrogens with one attached hydrogen (secondary N) is 1. The van der Waals surface area contributed by atoms with Crippen molar-refractivity contribution >= 4 is 25.7 Å². The van der Waals surface area contributed by atoms with Gasteiger partial charge in [-0.2, -0.15) is 0 Å². The molecule has 0 saturated carbocycles. The lowest BCUT2D eigenvalue weighted by molar-refractivity contribution is 0.463. The van der Waals surface area contributed by atoms with E-state index in [9.17, 15) is 16.8 Å². The van der Waals surface area contributed by atoms with Crippen molar-refractivity contribution in [3.8, 4) is 0 Å². The van der Waals surface area contributed by atoms with Crippen LogP contribution in [-0.2, 0) is 25.8 Å². The van der Waals surface area contributed by atoms with Crippen LogP contribution in [0.4, 0.5) is 5.69 Å². The molecule has 1 aromatic carbocycles. The number of benzene rings is 1. The van der Waals surface area contributed by atoms with Crippen LogP contribution in [0.25, 0.3) is 0 Å². The van der Waals surface area contributed by atoms with Crippen LogP contribution in [0.15, 0.2) is 24.3 Å². The zero-order valence-electron chi connectivity index (χ0n) is 11.8. The molecule has 20 heavy (non-hydrogen) atoms. The van der Waals surface area contributed by atoms with Gasteiger partial charge in [0.05, 0.1) is 11.5 Å². The number of primary sulfonamides is 1. The van der Waals surface area contributed by atoms with Crippen LogP contribution in [0.1, 0.15) is 26.3 Å². The third kappa shape index (κ3) is 6.88. The quantitative estimate of drug-likeness (QED) is 0.851. The number of hydrogen-bond donors (Lipinski definition) is 2. The average Bonchev–Trinajstić information content (AvgIpc) is 2.14. The molecule has 0 fully saturated rings. The van der Waals surface area contributed by atoms with Crippen molar-refractivity contribution in [1.29, 1.82) is 0 Å². The van der Waals surface area contributed by atoms with Gasteiger partial charge in [-0.15, -0.1) is 0 Å². The SMILES string of the molecule is CC(C)(C)CS(=O)(=O)Nc1ccc(CS(N)(=O)=O)cc1. The molecule has 3 N–H and O–H groups in total. The smallest absolute Gasteiger partial charge is 0.233 e. The molecule has 8 heteroatoms. The van der Waals surface area contributed by atoms with Crippen LogP contribution in [-0.4, -0.2) is 22.6 Å². The molecule has 0 unspecified atom stereocenters. The van der Waals surface area contributed by atoms with E-state index < -0.39 is 20.0 Å². The van der Waals surface area contributed by atoms with Crippen molar-refractivity contribution < 1.29 is 16.8 Å². The minimum atomic E-state index is -3.59. The Bertz CT molecular complexity index is 656. The van der Waals surface area contributed by atoms with Gasteiger partial charge in [-0.3, -0.25) is 4.72 Å². The Morgan fingerprint density at radius 2 is 1.55 bits per heavy atom. The lowest BCUT2D eigenvalue weighted by Gasteiger charge is -2.18. The van der Waals surface area contributed by atoms with E-state index in [4.69, 9.17) is 5.14 Å². The Labute approximate surface area is 120 Å². The van der Waals surface area contributed by atoms with E-state index in [0.717, 1.165) is 0 Å². The molecule has 1 rings (SSSR count). The third-order valence-electron chi connectivity index (χ3n) is 2.22. The second-order valence-corrected chi connectivity index (χ2v) is 9.26. The number of nitrogens with two attached hydrogens (primary N) is 1. The molecule has 6 nitrogen and oxygen atoms in total. The van der Waals surface area contributed by atoms with E-state index in [-0.39, 0.29) is 16.9 Å². The topological polar surface area (TPSA) is 106 Å². The predicted octanol–water partition coefficient (Wildman–Crippen LogP) is 1.26. The first-order valence-corrected chi connectivity index (χ1v) is 9.33. The Balaban J connectivity index is 2.80. The van der Waals surface area contributed by atoms with Crippen molar-refractivity contribution in [2.75, 3.05) is 10.5 Å². The molecule has 0 bridgehead atoms. The van der Waals surface area contributed by atoms with Crippen molar-refractivity contribution in [2.45, 2.75) is 26.5 Å². The fourth-order valence-electron chi connectivity index (χ4n) is 1.69. The molecule has 1 aromatic rings. The zero-order chi connectivity index (χ0) is 15.6. The maximum atomic E-state index is 11.9. The van der Waals surface area contributed by atoms with E-state index in [0.29, 0.717) is 11.3 Å². The first-order chi connectivity index (χ1) is 8.86. The molecule has 0 aliphatic rings. The molecule has 0 spiro atoms. The van der Waals surface area contributed by atoms with Crippen molar-refractivity contribution in [3.63, 3.8) is 0 Å². The van der Waals surface area contributed by atoms with E-state index in [1.807, 2.05) is 20.8 Å². The Morgan fingerprint density at radius 1 is 1.05 bits per heavy atom. The van der Waals surface area contributed by atoms with Crippen molar-refractivity contribution in [2.24, 2.45) is 10.6 Å². The molecule has 0 aromatic heterocycles. The van der Waals surface area contributed by atoms with E-state index in [1.165, 1.54) is 24.3 Å². The molecule has 0 aliphatic carbocycles. The van der Waals surface area contributed by atoms with Gasteiger partial charge in [0.2, 0.25) is 20.0 Å². The van der Waals surface area contributed by atoms with E-state index in [2.05, 4.69) is 4.72 Å². The fraction of sp³-hybridized carbons (Fsp3) is 0.500. The average molecular weight is 320 g/mol. The molecule has 0 atom stereocenters. The first kappa shape index (κ1) is 16.9. The van der Waals surface area contributed by atoms with E-state index in [1.54, 1.807) is 0 Å². The second-order valence-electron chi connectivity index (χ2n) is 5.93. The number of sulfonamides is 2. The summed E-state index contributed by atoms with van der Waals surface area (Å²) in [5, 5.41) is 4.94. The summed E-state index contributed by atoms with van der Waals surface area (Å²) in [5.41, 5.74) is 0.554. The van der Waals surface area contributed by atoms with Crippen molar-refractivity contribution in [3.05, 3.63) is 29.8 Å². The van der Waals surface area contributed by atoms with Gasteiger partial charge in [0.15, 0.2) is 0 Å². The Kier molecular flexibility index (Phi) is 4.83. The summed E-state index contributed by atoms with van der Waals surface area (Å²) < 4.78 is 48.1. The Morgan fingerprint density at radius 3 is 1.95 bits per heavy atom. The summed E-state index contributed by atoms with van der Waals surface area (Å²) in [6.45, 7) is 5.50. The first-order valence-electron chi connectivity index (χ1n) is 5.96. The van der Waals surface area contributed by atoms with Gasteiger partial charge in [-0.1, -0.05) is 32.9 Å². The highest BCUT2D eigenvalue weighted by molar-refractivity contribution is 7.92. The van der Waals surface area contributed by atoms with Crippen LogP contribution < -0.4 is 9.86 Å². The van der Waals surface area contributed by atoms with Crippen molar-refractivity contribution in [1.82, 2.24) is 0 Å². The number of rotatable bonds is 5. The van der Waals surface area contributed by atoms with Crippen LogP contribution >= 0.6 is 0 Å². The lowest BCUT2D eigenvalue weighted by Crippen LogP contribution is -2.26. The molecule has 0 saturated heterocycles. The van der Waals surface area contributed by atoms with Gasteiger partial charge in [-0.05, 0) is 23.1 Å². The fourth-order valence-corrected chi connectivity index (χ4v) is 4.05. The number of anilines is 1. The highest BCUT2D eigenvalue weighted by atomic mass is 32.2. The van der Waals surface area contributed by atoms with Gasteiger partial charge in [0, 0.05) is 5.69 Å². The summed E-state index contributed by atoms with van der Waals surface area (Å²) in [7, 11) is -7.02. The standard InChI is InChI=1S/C12H20N2O4S2/c1-12(2,3)9-20(17,18)14-11-6-4-10(5-7-11)8-19(13,15)16/h4-7,14H,8-9H2,1-3H3,(H2,13,15,16). The molecular formula is C12H20N2O4S2. The summed E-state index contributed by atoms with van der Waals surface area (Å²) >= 11 is 0. The minimum Gasteiger partial charge on any atom is -0.284 e. The Hall–Kier alpha value is -1.12. The summed E-state index contributed by atoms with van der Waals surface area (Å²) in [5.74, 6) is -0.277.